The fourth-order valence-corrected chi connectivity index (χ4v) is 0.764. The normalized spacial score (nSPS) is 8.80. The summed E-state index contributed by atoms with van der Waals surface area (Å²) in [5.74, 6) is 0.199. The molecule has 0 unspecified atom stereocenters. The third-order valence-corrected chi connectivity index (χ3v) is 1.59. The van der Waals surface area contributed by atoms with Gasteiger partial charge in [0.1, 0.15) is 0 Å². The Morgan fingerprint density at radius 3 is 2.50 bits per heavy atom. The molecule has 1 aromatic rings. The number of alkyl halides is 1. The lowest BCUT2D eigenvalue weighted by Crippen LogP contribution is -1.82. The summed E-state index contributed by atoms with van der Waals surface area (Å²) in [7, 11) is 0. The highest BCUT2D eigenvalue weighted by molar-refractivity contribution is 9.08. The molecule has 0 bridgehead atoms. The molecule has 0 aliphatic carbocycles. The molecule has 3 nitrogen and oxygen atoms in total. The average Bonchev–Trinajstić information content (AvgIpc) is 2.05. The van der Waals surface area contributed by atoms with Gasteiger partial charge in [0.05, 0.1) is 12.4 Å². The van der Waals surface area contributed by atoms with Crippen molar-refractivity contribution in [2.24, 2.45) is 0 Å². The summed E-state index contributed by atoms with van der Waals surface area (Å²) >= 11 is 3.25. The lowest BCUT2D eigenvalue weighted by molar-refractivity contribution is 1.15. The second-order valence-electron chi connectivity index (χ2n) is 1.64. The summed E-state index contributed by atoms with van der Waals surface area (Å²) in [6, 6.07) is 0. The van der Waals surface area contributed by atoms with Crippen LogP contribution in [-0.4, -0.2) is 9.97 Å². The number of aromatic nitrogens is 2. The summed E-state index contributed by atoms with van der Waals surface area (Å²) in [5, 5.41) is 0.727. The first-order chi connectivity index (χ1) is 4.86. The number of hydrogen-bond donors (Lipinski definition) is 0. The van der Waals surface area contributed by atoms with Crippen LogP contribution in [0, 0.1) is 6.57 Å². The minimum absolute atomic E-state index is 0.199. The Kier molecular flexibility index (Phi) is 2.35. The second kappa shape index (κ2) is 3.28. The molecule has 0 aliphatic rings. The number of hydrogen-bond acceptors (Lipinski definition) is 2. The Bertz CT molecular complexity index is 249. The fraction of sp³-hybridized carbons (Fsp3) is 0.167. The van der Waals surface area contributed by atoms with Crippen LogP contribution in [0.5, 0.6) is 0 Å². The van der Waals surface area contributed by atoms with Gasteiger partial charge in [-0.3, -0.25) is 0 Å². The third-order valence-electron chi connectivity index (χ3n) is 0.946. The van der Waals surface area contributed by atoms with Crippen LogP contribution >= 0.6 is 15.9 Å². The molecule has 0 radical (unpaired) electrons. The van der Waals surface area contributed by atoms with Gasteiger partial charge in [-0.1, -0.05) is 15.9 Å². The standard InChI is InChI=1S/C6H4BrN3/c1-8-6-9-3-5(2-7)4-10-6/h3-4H,2H2. The molecule has 0 atom stereocenters. The lowest BCUT2D eigenvalue weighted by Gasteiger charge is -1.87. The zero-order valence-electron chi connectivity index (χ0n) is 5.08. The smallest absolute Gasteiger partial charge is 0.371 e. The summed E-state index contributed by atoms with van der Waals surface area (Å²) in [6.45, 7) is 6.56. The molecule has 50 valence electrons. The van der Waals surface area contributed by atoms with Crippen LogP contribution in [0.4, 0.5) is 5.95 Å². The molecule has 0 saturated carbocycles. The van der Waals surface area contributed by atoms with Gasteiger partial charge in [-0.25, -0.2) is 0 Å². The predicted molar refractivity (Wildman–Crippen MR) is 40.9 cm³/mol. The largest absolute Gasteiger partial charge is 0.394 e. The van der Waals surface area contributed by atoms with Crippen molar-refractivity contribution in [3.05, 3.63) is 29.4 Å². The van der Waals surface area contributed by atoms with E-state index < -0.39 is 0 Å². The van der Waals surface area contributed by atoms with Crippen molar-refractivity contribution in [2.75, 3.05) is 0 Å². The molecule has 0 fully saturated rings. The van der Waals surface area contributed by atoms with Gasteiger partial charge in [0.25, 0.3) is 0 Å². The number of nitrogens with zero attached hydrogens (tertiary/aromatic N) is 3. The van der Waals surface area contributed by atoms with Gasteiger partial charge >= 0.3 is 5.95 Å². The molecule has 1 rings (SSSR count). The minimum Gasteiger partial charge on any atom is -0.394 e. The maximum Gasteiger partial charge on any atom is 0.371 e. The van der Waals surface area contributed by atoms with Gasteiger partial charge < -0.3 is 4.85 Å². The maximum absolute atomic E-state index is 6.56. The SMILES string of the molecule is [C-]#[N+]c1ncc(CBr)cn1. The highest BCUT2D eigenvalue weighted by Crippen LogP contribution is 2.05. The van der Waals surface area contributed by atoms with E-state index in [0.717, 1.165) is 10.9 Å². The van der Waals surface area contributed by atoms with Gasteiger partial charge in [0.2, 0.25) is 0 Å². The van der Waals surface area contributed by atoms with Crippen LogP contribution in [0.15, 0.2) is 12.4 Å². The van der Waals surface area contributed by atoms with Crippen LogP contribution in [-0.2, 0) is 5.33 Å². The number of halogens is 1. The first-order valence-corrected chi connectivity index (χ1v) is 3.73. The van der Waals surface area contributed by atoms with Crippen molar-refractivity contribution in [1.29, 1.82) is 0 Å². The average molecular weight is 198 g/mol. The van der Waals surface area contributed by atoms with E-state index >= 15 is 0 Å². The Morgan fingerprint density at radius 2 is 2.10 bits per heavy atom. The summed E-state index contributed by atoms with van der Waals surface area (Å²) in [4.78, 5) is 10.6. The maximum atomic E-state index is 6.56. The van der Waals surface area contributed by atoms with Crippen molar-refractivity contribution < 1.29 is 0 Å². The van der Waals surface area contributed by atoms with Crippen LogP contribution in [0.25, 0.3) is 4.85 Å². The highest BCUT2D eigenvalue weighted by Gasteiger charge is 1.95. The summed E-state index contributed by atoms with van der Waals surface area (Å²) < 4.78 is 0. The zero-order chi connectivity index (χ0) is 7.40. The van der Waals surface area contributed by atoms with E-state index in [4.69, 9.17) is 6.57 Å². The molecule has 0 spiro atoms. The molecular formula is C6H4BrN3. The summed E-state index contributed by atoms with van der Waals surface area (Å²) in [6.07, 6.45) is 3.27. The number of rotatable bonds is 1. The van der Waals surface area contributed by atoms with Gasteiger partial charge in [0.15, 0.2) is 0 Å². The molecular weight excluding hydrogens is 194 g/mol. The minimum atomic E-state index is 0.199. The Hall–Kier alpha value is -0.950. The molecule has 4 heteroatoms. The lowest BCUT2D eigenvalue weighted by atomic mass is 10.4. The van der Waals surface area contributed by atoms with Crippen molar-refractivity contribution in [3.63, 3.8) is 0 Å². The predicted octanol–water partition coefficient (Wildman–Crippen LogP) is 1.92. The van der Waals surface area contributed by atoms with E-state index in [0.29, 0.717) is 0 Å². The van der Waals surface area contributed by atoms with E-state index in [9.17, 15) is 0 Å². The Labute approximate surface area is 67.1 Å². The molecule has 0 aliphatic heterocycles. The first-order valence-electron chi connectivity index (χ1n) is 2.61. The highest BCUT2D eigenvalue weighted by atomic mass is 79.9. The van der Waals surface area contributed by atoms with Crippen LogP contribution in [0.1, 0.15) is 5.56 Å². The topological polar surface area (TPSA) is 30.1 Å². The quantitative estimate of drug-likeness (QED) is 0.509. The third kappa shape index (κ3) is 1.52. The van der Waals surface area contributed by atoms with Gasteiger partial charge in [-0.15, -0.1) is 6.57 Å². The molecule has 0 amide bonds. The van der Waals surface area contributed by atoms with E-state index in [-0.39, 0.29) is 5.95 Å². The van der Waals surface area contributed by atoms with E-state index in [1.54, 1.807) is 12.4 Å². The van der Waals surface area contributed by atoms with Crippen molar-refractivity contribution in [3.8, 4) is 0 Å². The van der Waals surface area contributed by atoms with Gasteiger partial charge in [0, 0.05) is 10.9 Å². The molecule has 1 heterocycles. The Balaban J connectivity index is 2.93. The van der Waals surface area contributed by atoms with Crippen molar-refractivity contribution >= 4 is 21.9 Å². The molecule has 0 N–H and O–H groups in total. The van der Waals surface area contributed by atoms with Crippen LogP contribution in [0.3, 0.4) is 0 Å². The van der Waals surface area contributed by atoms with Crippen LogP contribution < -0.4 is 0 Å². The van der Waals surface area contributed by atoms with Crippen LogP contribution in [0.2, 0.25) is 0 Å². The molecule has 10 heavy (non-hydrogen) atoms. The molecule has 0 saturated heterocycles. The zero-order valence-corrected chi connectivity index (χ0v) is 6.67. The van der Waals surface area contributed by atoms with Crippen molar-refractivity contribution in [2.45, 2.75) is 5.33 Å². The van der Waals surface area contributed by atoms with E-state index in [2.05, 4.69) is 30.7 Å². The van der Waals surface area contributed by atoms with Gasteiger partial charge in [-0.05, 0) is 0 Å². The van der Waals surface area contributed by atoms with E-state index in [1.165, 1.54) is 0 Å². The van der Waals surface area contributed by atoms with Crippen molar-refractivity contribution in [1.82, 2.24) is 9.97 Å². The summed E-state index contributed by atoms with van der Waals surface area (Å²) in [5.41, 5.74) is 0.979. The van der Waals surface area contributed by atoms with Gasteiger partial charge in [-0.2, -0.15) is 9.97 Å². The first kappa shape index (κ1) is 7.16. The second-order valence-corrected chi connectivity index (χ2v) is 2.20. The fourth-order valence-electron chi connectivity index (χ4n) is 0.475. The van der Waals surface area contributed by atoms with E-state index in [1.807, 2.05) is 0 Å². The molecule has 0 aromatic carbocycles. The monoisotopic (exact) mass is 197 g/mol. The molecule has 1 aromatic heterocycles. The Morgan fingerprint density at radius 1 is 1.50 bits per heavy atom.